The molecule has 0 saturated carbocycles. The summed E-state index contributed by atoms with van der Waals surface area (Å²) in [5.41, 5.74) is 1.38. The van der Waals surface area contributed by atoms with Gasteiger partial charge in [0.2, 0.25) is 0 Å². The Morgan fingerprint density at radius 2 is 2.21 bits per heavy atom. The van der Waals surface area contributed by atoms with Crippen LogP contribution < -0.4 is 5.32 Å². The second kappa shape index (κ2) is 7.06. The highest BCUT2D eigenvalue weighted by Gasteiger charge is 2.30. The Balaban J connectivity index is 2.23. The zero-order valence-electron chi connectivity index (χ0n) is 12.6. The Labute approximate surface area is 117 Å². The molecule has 1 saturated heterocycles. The lowest BCUT2D eigenvalue weighted by atomic mass is 9.92. The largest absolute Gasteiger partial charge is 0.333 e. The molecule has 0 aromatic carbocycles. The monoisotopic (exact) mass is 264 g/mol. The van der Waals surface area contributed by atoms with Crippen molar-refractivity contribution in [1.82, 2.24) is 19.8 Å². The second-order valence-corrected chi connectivity index (χ2v) is 5.59. The number of likely N-dealkylation sites (tertiary alicyclic amines) is 1. The molecular weight excluding hydrogens is 236 g/mol. The van der Waals surface area contributed by atoms with Crippen molar-refractivity contribution in [1.29, 1.82) is 0 Å². The first-order valence-electron chi connectivity index (χ1n) is 7.68. The van der Waals surface area contributed by atoms with Gasteiger partial charge >= 0.3 is 0 Å². The topological polar surface area (TPSA) is 33.1 Å². The van der Waals surface area contributed by atoms with Gasteiger partial charge in [-0.2, -0.15) is 0 Å². The summed E-state index contributed by atoms with van der Waals surface area (Å²) < 4.78 is 2.30. The van der Waals surface area contributed by atoms with Crippen molar-refractivity contribution in [2.75, 3.05) is 26.7 Å². The smallest absolute Gasteiger partial charge is 0.0948 e. The first-order chi connectivity index (χ1) is 9.27. The third-order valence-electron chi connectivity index (χ3n) is 4.30. The molecule has 108 valence electrons. The normalized spacial score (nSPS) is 25.4. The number of aryl methyl sites for hydroxylation is 1. The van der Waals surface area contributed by atoms with Crippen molar-refractivity contribution in [2.24, 2.45) is 5.92 Å². The second-order valence-electron chi connectivity index (χ2n) is 5.59. The first kappa shape index (κ1) is 14.5. The van der Waals surface area contributed by atoms with Crippen molar-refractivity contribution < 1.29 is 0 Å². The molecule has 1 aliphatic heterocycles. The van der Waals surface area contributed by atoms with E-state index in [4.69, 9.17) is 0 Å². The number of imidazole rings is 1. The van der Waals surface area contributed by atoms with Crippen LogP contribution in [0.1, 0.15) is 44.8 Å². The highest BCUT2D eigenvalue weighted by atomic mass is 15.2. The Morgan fingerprint density at radius 1 is 1.37 bits per heavy atom. The molecule has 0 radical (unpaired) electrons. The van der Waals surface area contributed by atoms with E-state index in [1.807, 2.05) is 6.33 Å². The fraction of sp³-hybridized carbons (Fsp3) is 0.800. The van der Waals surface area contributed by atoms with Gasteiger partial charge in [-0.15, -0.1) is 0 Å². The number of aromatic nitrogens is 2. The van der Waals surface area contributed by atoms with Crippen molar-refractivity contribution in [3.8, 4) is 0 Å². The molecule has 1 aromatic rings. The maximum Gasteiger partial charge on any atom is 0.0948 e. The molecule has 4 heteroatoms. The van der Waals surface area contributed by atoms with Crippen molar-refractivity contribution in [3.63, 3.8) is 0 Å². The maximum atomic E-state index is 4.36. The Bertz CT molecular complexity index is 374. The third-order valence-corrected chi connectivity index (χ3v) is 4.30. The quantitative estimate of drug-likeness (QED) is 0.886. The fourth-order valence-corrected chi connectivity index (χ4v) is 3.28. The van der Waals surface area contributed by atoms with Crippen molar-refractivity contribution >= 4 is 0 Å². The van der Waals surface area contributed by atoms with Gasteiger partial charge in [0.15, 0.2) is 0 Å². The molecule has 4 nitrogen and oxygen atoms in total. The van der Waals surface area contributed by atoms with Gasteiger partial charge < -0.3 is 9.88 Å². The van der Waals surface area contributed by atoms with Gasteiger partial charge in [-0.25, -0.2) is 4.98 Å². The number of hydrogen-bond donors (Lipinski definition) is 1. The summed E-state index contributed by atoms with van der Waals surface area (Å²) in [5.74, 6) is 0.689. The van der Waals surface area contributed by atoms with E-state index in [0.29, 0.717) is 12.0 Å². The minimum atomic E-state index is 0.504. The van der Waals surface area contributed by atoms with Gasteiger partial charge in [-0.1, -0.05) is 13.3 Å². The van der Waals surface area contributed by atoms with Crippen LogP contribution in [0.5, 0.6) is 0 Å². The summed E-state index contributed by atoms with van der Waals surface area (Å²) in [7, 11) is 2.27. The molecule has 2 unspecified atom stereocenters. The van der Waals surface area contributed by atoms with Gasteiger partial charge in [0.05, 0.1) is 18.1 Å². The molecule has 1 aliphatic rings. The number of hydrogen-bond acceptors (Lipinski definition) is 3. The van der Waals surface area contributed by atoms with Gasteiger partial charge in [-0.05, 0) is 52.4 Å². The van der Waals surface area contributed by atoms with E-state index in [2.05, 4.69) is 46.9 Å². The van der Waals surface area contributed by atoms with Gasteiger partial charge in [0.1, 0.15) is 0 Å². The summed E-state index contributed by atoms with van der Waals surface area (Å²) in [6, 6.07) is 0.504. The molecule has 0 aliphatic carbocycles. The molecule has 1 fully saturated rings. The predicted octanol–water partition coefficient (Wildman–Crippen LogP) is 2.29. The van der Waals surface area contributed by atoms with Crippen LogP contribution in [0, 0.1) is 5.92 Å². The lowest BCUT2D eigenvalue weighted by Crippen LogP contribution is -2.36. The lowest BCUT2D eigenvalue weighted by molar-refractivity contribution is 0.181. The molecule has 2 atom stereocenters. The van der Waals surface area contributed by atoms with Crippen LogP contribution in [0.2, 0.25) is 0 Å². The Kier molecular flexibility index (Phi) is 5.40. The summed E-state index contributed by atoms with van der Waals surface area (Å²) >= 11 is 0. The zero-order valence-corrected chi connectivity index (χ0v) is 12.6. The third kappa shape index (κ3) is 3.37. The van der Waals surface area contributed by atoms with Crippen LogP contribution in [0.4, 0.5) is 0 Å². The minimum Gasteiger partial charge on any atom is -0.333 e. The van der Waals surface area contributed by atoms with Crippen LogP contribution in [-0.4, -0.2) is 41.1 Å². The first-order valence-corrected chi connectivity index (χ1v) is 7.68. The summed E-state index contributed by atoms with van der Waals surface area (Å²) in [5, 5.41) is 3.54. The van der Waals surface area contributed by atoms with Gasteiger partial charge in [0, 0.05) is 12.7 Å². The van der Waals surface area contributed by atoms with E-state index in [-0.39, 0.29) is 0 Å². The van der Waals surface area contributed by atoms with E-state index >= 15 is 0 Å². The van der Waals surface area contributed by atoms with E-state index in [0.717, 1.165) is 19.6 Å². The minimum absolute atomic E-state index is 0.504. The van der Waals surface area contributed by atoms with Crippen molar-refractivity contribution in [3.05, 3.63) is 18.2 Å². The van der Waals surface area contributed by atoms with Crippen LogP contribution in [0.25, 0.3) is 0 Å². The van der Waals surface area contributed by atoms with Crippen LogP contribution in [0.3, 0.4) is 0 Å². The van der Waals surface area contributed by atoms with E-state index in [9.17, 15) is 0 Å². The highest BCUT2D eigenvalue weighted by Crippen LogP contribution is 2.33. The summed E-state index contributed by atoms with van der Waals surface area (Å²) in [6.45, 7) is 8.75. The SMILES string of the molecule is CCNCC1CCCCN(C)C1c1cncn1CC. The number of rotatable bonds is 5. The number of nitrogens with zero attached hydrogens (tertiary/aromatic N) is 3. The summed E-state index contributed by atoms with van der Waals surface area (Å²) in [6.07, 6.45) is 8.01. The molecule has 0 spiro atoms. The van der Waals surface area contributed by atoms with Crippen molar-refractivity contribution in [2.45, 2.75) is 45.7 Å². The Hall–Kier alpha value is -0.870. The van der Waals surface area contributed by atoms with E-state index in [1.54, 1.807) is 0 Å². The average molecular weight is 264 g/mol. The maximum absolute atomic E-state index is 4.36. The predicted molar refractivity (Wildman–Crippen MR) is 79.2 cm³/mol. The van der Waals surface area contributed by atoms with Gasteiger partial charge in [0.25, 0.3) is 0 Å². The van der Waals surface area contributed by atoms with Gasteiger partial charge in [-0.3, -0.25) is 4.90 Å². The van der Waals surface area contributed by atoms with E-state index in [1.165, 1.54) is 31.5 Å². The Morgan fingerprint density at radius 3 is 2.95 bits per heavy atom. The molecule has 19 heavy (non-hydrogen) atoms. The lowest BCUT2D eigenvalue weighted by Gasteiger charge is -2.33. The molecule has 1 aromatic heterocycles. The van der Waals surface area contributed by atoms with Crippen LogP contribution in [0.15, 0.2) is 12.5 Å². The molecule has 0 amide bonds. The molecule has 1 N–H and O–H groups in total. The summed E-state index contributed by atoms with van der Waals surface area (Å²) in [4.78, 5) is 6.89. The van der Waals surface area contributed by atoms with E-state index < -0.39 is 0 Å². The van der Waals surface area contributed by atoms with Crippen LogP contribution >= 0.6 is 0 Å². The van der Waals surface area contributed by atoms with Crippen LogP contribution in [-0.2, 0) is 6.54 Å². The number of nitrogens with one attached hydrogen (secondary N) is 1. The molecule has 0 bridgehead atoms. The standard InChI is InChI=1S/C15H28N4/c1-4-16-10-13-8-6-7-9-18(3)15(13)14-11-17-12-19(14)5-2/h11-13,15-16H,4-10H2,1-3H3. The highest BCUT2D eigenvalue weighted by molar-refractivity contribution is 5.08. The average Bonchev–Trinajstić information content (AvgIpc) is 2.80. The zero-order chi connectivity index (χ0) is 13.7. The molecule has 2 heterocycles. The molecular formula is C15H28N4. The fourth-order valence-electron chi connectivity index (χ4n) is 3.28. The molecule has 2 rings (SSSR count).